The first-order chi connectivity index (χ1) is 16.0. The predicted octanol–water partition coefficient (Wildman–Crippen LogP) is 3.91. The minimum absolute atomic E-state index is 0.0297. The third-order valence-corrected chi connectivity index (χ3v) is 7.26. The number of hydrogen-bond acceptors (Lipinski definition) is 5. The Morgan fingerprint density at radius 1 is 1.09 bits per heavy atom. The molecule has 1 saturated heterocycles. The largest absolute Gasteiger partial charge is 0.492 e. The van der Waals surface area contributed by atoms with Gasteiger partial charge in [-0.1, -0.05) is 42.5 Å². The van der Waals surface area contributed by atoms with Crippen molar-refractivity contribution in [3.63, 3.8) is 0 Å². The molecule has 0 bridgehead atoms. The van der Waals surface area contributed by atoms with Crippen molar-refractivity contribution in [1.82, 2.24) is 4.31 Å². The van der Waals surface area contributed by atoms with Crippen LogP contribution in [0.25, 0.3) is 16.8 Å². The van der Waals surface area contributed by atoms with Gasteiger partial charge in [0.2, 0.25) is 15.9 Å². The Kier molecular flexibility index (Phi) is 7.08. The fourth-order valence-electron chi connectivity index (χ4n) is 3.73. The lowest BCUT2D eigenvalue weighted by molar-refractivity contribution is -0.111. The van der Waals surface area contributed by atoms with E-state index in [0.717, 1.165) is 16.3 Å². The van der Waals surface area contributed by atoms with Gasteiger partial charge >= 0.3 is 0 Å². The van der Waals surface area contributed by atoms with Crippen molar-refractivity contribution in [2.24, 2.45) is 0 Å². The molecule has 3 aromatic rings. The second kappa shape index (κ2) is 10.2. The van der Waals surface area contributed by atoms with Crippen molar-refractivity contribution in [2.45, 2.75) is 11.8 Å². The van der Waals surface area contributed by atoms with E-state index >= 15 is 0 Å². The van der Waals surface area contributed by atoms with Crippen molar-refractivity contribution in [3.8, 4) is 5.75 Å². The number of ether oxygens (including phenoxy) is 2. The van der Waals surface area contributed by atoms with Crippen molar-refractivity contribution in [2.75, 3.05) is 38.2 Å². The van der Waals surface area contributed by atoms with Gasteiger partial charge in [0.25, 0.3) is 0 Å². The molecule has 1 aliphatic rings. The Bertz CT molecular complexity index is 1280. The molecule has 1 aliphatic heterocycles. The number of carbonyl (C=O) groups is 1. The van der Waals surface area contributed by atoms with Crippen LogP contribution < -0.4 is 10.1 Å². The SMILES string of the molecule is CCOc1ccc(NC(=O)/C=C/c2cccc3ccccc23)cc1S(=O)(=O)N1CCOCC1. The van der Waals surface area contributed by atoms with Crippen molar-refractivity contribution in [3.05, 3.63) is 72.3 Å². The molecule has 0 unspecified atom stereocenters. The first-order valence-electron chi connectivity index (χ1n) is 10.8. The maximum Gasteiger partial charge on any atom is 0.248 e. The summed E-state index contributed by atoms with van der Waals surface area (Å²) >= 11 is 0. The lowest BCUT2D eigenvalue weighted by Crippen LogP contribution is -2.40. The summed E-state index contributed by atoms with van der Waals surface area (Å²) in [5.41, 5.74) is 1.29. The molecule has 3 aromatic carbocycles. The highest BCUT2D eigenvalue weighted by atomic mass is 32.2. The van der Waals surface area contributed by atoms with Crippen LogP contribution in [0.5, 0.6) is 5.75 Å². The van der Waals surface area contributed by atoms with Gasteiger partial charge in [-0.2, -0.15) is 4.31 Å². The van der Waals surface area contributed by atoms with Gasteiger partial charge in [-0.05, 0) is 47.5 Å². The lowest BCUT2D eigenvalue weighted by atomic mass is 10.0. The number of rotatable bonds is 7. The highest BCUT2D eigenvalue weighted by Crippen LogP contribution is 2.30. The number of hydrogen-bond donors (Lipinski definition) is 1. The van der Waals surface area contributed by atoms with Gasteiger partial charge in [0.1, 0.15) is 10.6 Å². The molecule has 0 saturated carbocycles. The van der Waals surface area contributed by atoms with Gasteiger partial charge in [-0.15, -0.1) is 0 Å². The predicted molar refractivity (Wildman–Crippen MR) is 129 cm³/mol. The maximum atomic E-state index is 13.2. The first kappa shape index (κ1) is 23.0. The van der Waals surface area contributed by atoms with Crippen LogP contribution in [-0.2, 0) is 19.6 Å². The third-order valence-electron chi connectivity index (χ3n) is 5.34. The number of benzene rings is 3. The van der Waals surface area contributed by atoms with E-state index in [1.165, 1.54) is 16.4 Å². The summed E-state index contributed by atoms with van der Waals surface area (Å²) in [6.45, 7) is 3.36. The van der Waals surface area contributed by atoms with E-state index in [1.807, 2.05) is 42.5 Å². The first-order valence-corrected chi connectivity index (χ1v) is 12.2. The third kappa shape index (κ3) is 5.24. The summed E-state index contributed by atoms with van der Waals surface area (Å²) in [5, 5.41) is 4.89. The maximum absolute atomic E-state index is 13.2. The van der Waals surface area contributed by atoms with Gasteiger partial charge in [-0.25, -0.2) is 8.42 Å². The second-order valence-electron chi connectivity index (χ2n) is 7.50. The zero-order chi connectivity index (χ0) is 23.3. The molecule has 0 aliphatic carbocycles. The standard InChI is InChI=1S/C25H26N2O5S/c1-2-32-23-12-11-21(18-24(23)33(29,30)27-14-16-31-17-15-27)26-25(28)13-10-20-8-5-7-19-6-3-4-9-22(19)20/h3-13,18H,2,14-17H2,1H3,(H,26,28)/b13-10+. The summed E-state index contributed by atoms with van der Waals surface area (Å²) in [5.74, 6) is -0.102. The zero-order valence-corrected chi connectivity index (χ0v) is 19.2. The Hall–Kier alpha value is -3.20. The molecule has 1 amide bonds. The van der Waals surface area contributed by atoms with Crippen molar-refractivity contribution >= 4 is 38.5 Å². The van der Waals surface area contributed by atoms with E-state index in [1.54, 1.807) is 25.1 Å². The van der Waals surface area contributed by atoms with Gasteiger partial charge in [0.15, 0.2) is 0 Å². The number of nitrogens with zero attached hydrogens (tertiary/aromatic N) is 1. The van der Waals surface area contributed by atoms with Crippen molar-refractivity contribution in [1.29, 1.82) is 0 Å². The van der Waals surface area contributed by atoms with Gasteiger partial charge < -0.3 is 14.8 Å². The van der Waals surface area contributed by atoms with E-state index < -0.39 is 10.0 Å². The van der Waals surface area contributed by atoms with Crippen LogP contribution in [0.3, 0.4) is 0 Å². The zero-order valence-electron chi connectivity index (χ0n) is 18.4. The topological polar surface area (TPSA) is 84.9 Å². The normalized spacial score (nSPS) is 15.1. The number of sulfonamides is 1. The Balaban J connectivity index is 1.57. The quantitative estimate of drug-likeness (QED) is 0.534. The van der Waals surface area contributed by atoms with Crippen LogP contribution in [0.4, 0.5) is 5.69 Å². The molecule has 0 radical (unpaired) electrons. The average molecular weight is 467 g/mol. The fourth-order valence-corrected chi connectivity index (χ4v) is 5.30. The molecule has 0 aromatic heterocycles. The molecule has 1 heterocycles. The molecule has 0 atom stereocenters. The summed E-state index contributed by atoms with van der Waals surface area (Å²) in [7, 11) is -3.79. The van der Waals surface area contributed by atoms with Crippen LogP contribution in [-0.4, -0.2) is 51.5 Å². The number of carbonyl (C=O) groups excluding carboxylic acids is 1. The molecule has 4 rings (SSSR count). The molecule has 7 nitrogen and oxygen atoms in total. The second-order valence-corrected chi connectivity index (χ2v) is 9.41. The number of morpholine rings is 1. The van der Waals surface area contributed by atoms with Crippen LogP contribution >= 0.6 is 0 Å². The van der Waals surface area contributed by atoms with E-state index in [0.29, 0.717) is 25.5 Å². The van der Waals surface area contributed by atoms with Crippen LogP contribution in [0.15, 0.2) is 71.6 Å². The summed E-state index contributed by atoms with van der Waals surface area (Å²) in [6.07, 6.45) is 3.19. The number of amides is 1. The Morgan fingerprint density at radius 2 is 1.85 bits per heavy atom. The fraction of sp³-hybridized carbons (Fsp3) is 0.240. The number of fused-ring (bicyclic) bond motifs is 1. The summed E-state index contributed by atoms with van der Waals surface area (Å²) in [6, 6.07) is 18.5. The Morgan fingerprint density at radius 3 is 2.64 bits per heavy atom. The smallest absolute Gasteiger partial charge is 0.248 e. The molecule has 1 N–H and O–H groups in total. The van der Waals surface area contributed by atoms with E-state index in [-0.39, 0.29) is 29.6 Å². The molecule has 8 heteroatoms. The van der Waals surface area contributed by atoms with Crippen LogP contribution in [0.2, 0.25) is 0 Å². The van der Waals surface area contributed by atoms with Gasteiger partial charge in [-0.3, -0.25) is 4.79 Å². The molecular weight excluding hydrogens is 440 g/mol. The number of anilines is 1. The van der Waals surface area contributed by atoms with E-state index in [4.69, 9.17) is 9.47 Å². The molecule has 0 spiro atoms. The van der Waals surface area contributed by atoms with Crippen LogP contribution in [0.1, 0.15) is 12.5 Å². The molecule has 172 valence electrons. The highest BCUT2D eigenvalue weighted by Gasteiger charge is 2.29. The number of nitrogens with one attached hydrogen (secondary N) is 1. The monoisotopic (exact) mass is 466 g/mol. The lowest BCUT2D eigenvalue weighted by Gasteiger charge is -2.27. The van der Waals surface area contributed by atoms with Crippen molar-refractivity contribution < 1.29 is 22.7 Å². The summed E-state index contributed by atoms with van der Waals surface area (Å²) in [4.78, 5) is 12.6. The molecule has 33 heavy (non-hydrogen) atoms. The van der Waals surface area contributed by atoms with E-state index in [9.17, 15) is 13.2 Å². The van der Waals surface area contributed by atoms with Gasteiger partial charge in [0, 0.05) is 24.9 Å². The summed E-state index contributed by atoms with van der Waals surface area (Å²) < 4.78 is 38.6. The highest BCUT2D eigenvalue weighted by molar-refractivity contribution is 7.89. The average Bonchev–Trinajstić information content (AvgIpc) is 2.84. The molecule has 1 fully saturated rings. The van der Waals surface area contributed by atoms with Gasteiger partial charge in [0.05, 0.1) is 19.8 Å². The van der Waals surface area contributed by atoms with Crippen LogP contribution in [0, 0.1) is 0 Å². The minimum Gasteiger partial charge on any atom is -0.492 e. The minimum atomic E-state index is -3.79. The molecular formula is C25H26N2O5S. The van der Waals surface area contributed by atoms with E-state index in [2.05, 4.69) is 5.32 Å². The Labute approximate surface area is 193 Å².